The highest BCUT2D eigenvalue weighted by atomic mass is 35.5. The van der Waals surface area contributed by atoms with E-state index in [-0.39, 0.29) is 30.6 Å². The Morgan fingerprint density at radius 3 is 2.89 bits per heavy atom. The fraction of sp³-hybridized carbons (Fsp3) is 0.167. The van der Waals surface area contributed by atoms with Crippen molar-refractivity contribution in [1.82, 2.24) is 4.98 Å². The molecule has 0 unspecified atom stereocenters. The molecular weight excluding hydrogens is 289 g/mol. The number of hydrogen-bond acceptors (Lipinski definition) is 2. The molecule has 0 bridgehead atoms. The van der Waals surface area contributed by atoms with Crippen molar-refractivity contribution < 1.29 is 26.9 Å². The van der Waals surface area contributed by atoms with E-state index in [1.165, 1.54) is 12.1 Å². The van der Waals surface area contributed by atoms with Gasteiger partial charge in [0.25, 0.3) is 5.91 Å². The van der Waals surface area contributed by atoms with Gasteiger partial charge in [0, 0.05) is 5.02 Å². The molecule has 5 nitrogen and oxygen atoms in total. The molecule has 2 rings (SSSR count). The first-order chi connectivity index (χ1) is 8.56. The number of benzene rings is 1. The minimum atomic E-state index is -0.241. The topological polar surface area (TPSA) is 69.0 Å². The lowest BCUT2D eigenvalue weighted by Gasteiger charge is -2.08. The Balaban J connectivity index is 0.00000180. The van der Waals surface area contributed by atoms with E-state index < -0.39 is 0 Å². The lowest BCUT2D eigenvalue weighted by Crippen LogP contribution is -3.00. The molecular formula is C12H13Cl2N3O2. The number of aryl methyl sites for hydroxylation is 1. The number of aromatic hydroxyl groups is 1. The van der Waals surface area contributed by atoms with Crippen molar-refractivity contribution in [2.24, 2.45) is 0 Å². The summed E-state index contributed by atoms with van der Waals surface area (Å²) in [5.74, 6) is -0.237. The molecule has 7 heteroatoms. The van der Waals surface area contributed by atoms with Gasteiger partial charge in [-0.05, 0) is 24.6 Å². The highest BCUT2D eigenvalue weighted by Crippen LogP contribution is 2.29. The average Bonchev–Trinajstić information content (AvgIpc) is 2.78. The maximum Gasteiger partial charge on any atom is 0.266 e. The number of aromatic nitrogens is 2. The Hall–Kier alpha value is -1.72. The summed E-state index contributed by atoms with van der Waals surface area (Å²) in [5, 5.41) is 12.8. The predicted molar refractivity (Wildman–Crippen MR) is 67.5 cm³/mol. The second-order valence-corrected chi connectivity index (χ2v) is 4.36. The second kappa shape index (κ2) is 6.45. The highest BCUT2D eigenvalue weighted by molar-refractivity contribution is 6.31. The van der Waals surface area contributed by atoms with Gasteiger partial charge in [-0.25, -0.2) is 4.57 Å². The number of H-pyrrole nitrogens is 1. The number of phenols is 1. The van der Waals surface area contributed by atoms with Gasteiger partial charge in [-0.3, -0.25) is 9.78 Å². The number of hydrogen-bond donors (Lipinski definition) is 3. The van der Waals surface area contributed by atoms with Gasteiger partial charge in [-0.15, -0.1) is 0 Å². The van der Waals surface area contributed by atoms with Crippen molar-refractivity contribution in [3.63, 3.8) is 0 Å². The molecule has 0 aliphatic heterocycles. The molecule has 0 spiro atoms. The van der Waals surface area contributed by atoms with Crippen LogP contribution >= 0.6 is 11.6 Å². The highest BCUT2D eigenvalue weighted by Gasteiger charge is 2.11. The molecule has 1 aromatic heterocycles. The van der Waals surface area contributed by atoms with E-state index >= 15 is 0 Å². The molecule has 0 atom stereocenters. The number of nitrogens with zero attached hydrogens (tertiary/aromatic N) is 1. The summed E-state index contributed by atoms with van der Waals surface area (Å²) in [7, 11) is 0. The number of imidazole rings is 1. The minimum Gasteiger partial charge on any atom is -1.00 e. The van der Waals surface area contributed by atoms with Crippen molar-refractivity contribution in [2.45, 2.75) is 13.5 Å². The van der Waals surface area contributed by atoms with E-state index in [1.54, 1.807) is 30.2 Å². The van der Waals surface area contributed by atoms with Crippen LogP contribution < -0.4 is 22.3 Å². The van der Waals surface area contributed by atoms with Crippen molar-refractivity contribution in [2.75, 3.05) is 5.32 Å². The SMILES string of the molecule is Cc1cc(O)c(NC(=O)C[n+]2cc[nH]c2)cc1Cl.[Cl-]. The Labute approximate surface area is 121 Å². The van der Waals surface area contributed by atoms with Crippen molar-refractivity contribution >= 4 is 23.2 Å². The van der Waals surface area contributed by atoms with Crippen LogP contribution in [-0.2, 0) is 11.3 Å². The smallest absolute Gasteiger partial charge is 0.266 e. The number of anilines is 1. The minimum absolute atomic E-state index is 0. The number of phenolic OH excluding ortho intramolecular Hbond substituents is 1. The summed E-state index contributed by atoms with van der Waals surface area (Å²) in [6.45, 7) is 1.94. The Bertz CT molecular complexity index is 571. The first-order valence-corrected chi connectivity index (χ1v) is 5.75. The van der Waals surface area contributed by atoms with E-state index in [1.807, 2.05) is 0 Å². The van der Waals surface area contributed by atoms with Crippen molar-refractivity contribution in [3.05, 3.63) is 41.4 Å². The van der Waals surface area contributed by atoms with Gasteiger partial charge < -0.3 is 22.8 Å². The summed E-state index contributed by atoms with van der Waals surface area (Å²) in [6, 6.07) is 3.05. The van der Waals surface area contributed by atoms with Crippen molar-refractivity contribution in [3.8, 4) is 5.75 Å². The molecule has 1 aromatic carbocycles. The van der Waals surface area contributed by atoms with Gasteiger partial charge in [0.2, 0.25) is 6.33 Å². The standard InChI is InChI=1S/C12H12ClN3O2.ClH/c1-8-4-11(17)10(5-9(8)13)15-12(18)6-16-3-2-14-7-16;/h2-5,7H,6H2,1H3,(H2,15,17,18);1H. The molecule has 102 valence electrons. The van der Waals surface area contributed by atoms with Gasteiger partial charge in [0.15, 0.2) is 6.54 Å². The van der Waals surface area contributed by atoms with Gasteiger partial charge in [0.05, 0.1) is 5.69 Å². The van der Waals surface area contributed by atoms with Crippen LogP contribution in [0.25, 0.3) is 0 Å². The third-order valence-electron chi connectivity index (χ3n) is 2.48. The zero-order chi connectivity index (χ0) is 13.1. The number of nitrogens with one attached hydrogen (secondary N) is 2. The summed E-state index contributed by atoms with van der Waals surface area (Å²) < 4.78 is 1.68. The van der Waals surface area contributed by atoms with Gasteiger partial charge in [-0.1, -0.05) is 11.6 Å². The number of rotatable bonds is 3. The molecule has 0 aliphatic rings. The van der Waals surface area contributed by atoms with E-state index in [0.29, 0.717) is 10.7 Å². The Morgan fingerprint density at radius 1 is 1.53 bits per heavy atom. The van der Waals surface area contributed by atoms with Crippen LogP contribution in [0.2, 0.25) is 5.02 Å². The molecule has 0 saturated heterocycles. The largest absolute Gasteiger partial charge is 1.00 e. The zero-order valence-corrected chi connectivity index (χ0v) is 11.7. The Kier molecular flexibility index (Phi) is 5.20. The molecule has 2 aromatic rings. The maximum atomic E-state index is 11.7. The quantitative estimate of drug-likeness (QED) is 0.483. The van der Waals surface area contributed by atoms with Crippen LogP contribution in [0.1, 0.15) is 5.56 Å². The molecule has 1 amide bonds. The van der Waals surface area contributed by atoms with Gasteiger partial charge >= 0.3 is 0 Å². The number of halogens is 2. The summed E-state index contributed by atoms with van der Waals surface area (Å²) >= 11 is 5.94. The fourth-order valence-electron chi connectivity index (χ4n) is 1.54. The van der Waals surface area contributed by atoms with Gasteiger partial charge in [-0.2, -0.15) is 0 Å². The van der Waals surface area contributed by atoms with Crippen LogP contribution in [0, 0.1) is 6.92 Å². The summed E-state index contributed by atoms with van der Waals surface area (Å²) in [6.07, 6.45) is 5.12. The maximum absolute atomic E-state index is 11.7. The summed E-state index contributed by atoms with van der Waals surface area (Å²) in [5.41, 5.74) is 1.07. The first kappa shape index (κ1) is 15.3. The van der Waals surface area contributed by atoms with Gasteiger partial charge in [0.1, 0.15) is 18.1 Å². The molecule has 19 heavy (non-hydrogen) atoms. The van der Waals surface area contributed by atoms with Crippen LogP contribution in [0.5, 0.6) is 5.75 Å². The lowest BCUT2D eigenvalue weighted by atomic mass is 10.2. The zero-order valence-electron chi connectivity index (χ0n) is 10.2. The predicted octanol–water partition coefficient (Wildman–Crippen LogP) is -1.39. The number of amides is 1. The average molecular weight is 302 g/mol. The Morgan fingerprint density at radius 2 is 2.26 bits per heavy atom. The first-order valence-electron chi connectivity index (χ1n) is 5.37. The van der Waals surface area contributed by atoms with Crippen molar-refractivity contribution in [1.29, 1.82) is 0 Å². The van der Waals surface area contributed by atoms with Crippen LogP contribution in [-0.4, -0.2) is 16.0 Å². The van der Waals surface area contributed by atoms with E-state index in [0.717, 1.165) is 5.56 Å². The van der Waals surface area contributed by atoms with Crippen LogP contribution in [0.15, 0.2) is 30.9 Å². The van der Waals surface area contributed by atoms with Crippen LogP contribution in [0.4, 0.5) is 5.69 Å². The summed E-state index contributed by atoms with van der Waals surface area (Å²) in [4.78, 5) is 14.6. The molecule has 0 radical (unpaired) electrons. The lowest BCUT2D eigenvalue weighted by molar-refractivity contribution is -0.682. The van der Waals surface area contributed by atoms with E-state index in [2.05, 4.69) is 10.3 Å². The van der Waals surface area contributed by atoms with Crippen LogP contribution in [0.3, 0.4) is 0 Å². The third kappa shape index (κ3) is 3.87. The molecule has 1 heterocycles. The number of aromatic amines is 1. The third-order valence-corrected chi connectivity index (χ3v) is 2.89. The molecule has 3 N–H and O–H groups in total. The molecule has 0 saturated carbocycles. The molecule has 0 fully saturated rings. The number of carbonyl (C=O) groups is 1. The normalized spacial score (nSPS) is 9.79. The van der Waals surface area contributed by atoms with E-state index in [4.69, 9.17) is 11.6 Å². The fourth-order valence-corrected chi connectivity index (χ4v) is 1.70. The monoisotopic (exact) mass is 301 g/mol. The second-order valence-electron chi connectivity index (χ2n) is 3.95. The number of carbonyl (C=O) groups excluding carboxylic acids is 1. The van der Waals surface area contributed by atoms with E-state index in [9.17, 15) is 9.90 Å². The molecule has 0 aliphatic carbocycles.